The highest BCUT2D eigenvalue weighted by Crippen LogP contribution is 2.34. The lowest BCUT2D eigenvalue weighted by atomic mass is 9.91. The first-order chi connectivity index (χ1) is 10.4. The van der Waals surface area contributed by atoms with Crippen LogP contribution in [0.4, 0.5) is 0 Å². The maximum atomic E-state index is 3.75. The van der Waals surface area contributed by atoms with Crippen molar-refractivity contribution < 1.29 is 0 Å². The van der Waals surface area contributed by atoms with Crippen molar-refractivity contribution in [1.82, 2.24) is 10.3 Å². The summed E-state index contributed by atoms with van der Waals surface area (Å²) in [5.41, 5.74) is 5.69. The van der Waals surface area contributed by atoms with Crippen LogP contribution in [-0.4, -0.2) is 11.5 Å². The number of aromatic nitrogens is 1. The van der Waals surface area contributed by atoms with E-state index in [9.17, 15) is 0 Å². The number of para-hydroxylation sites is 1. The average Bonchev–Trinajstić information content (AvgIpc) is 3.15. The van der Waals surface area contributed by atoms with E-state index in [4.69, 9.17) is 0 Å². The Morgan fingerprint density at radius 1 is 1.24 bits per heavy atom. The maximum Gasteiger partial charge on any atom is 0.0476 e. The Labute approximate surface area is 129 Å². The molecule has 2 aromatic heterocycles. The number of aromatic amines is 1. The van der Waals surface area contributed by atoms with Gasteiger partial charge in [0, 0.05) is 22.6 Å². The van der Waals surface area contributed by atoms with E-state index >= 15 is 0 Å². The van der Waals surface area contributed by atoms with Crippen LogP contribution in [0.3, 0.4) is 0 Å². The fraction of sp³-hybridized carbons (Fsp3) is 0.333. The van der Waals surface area contributed by atoms with Crippen LogP contribution in [0.15, 0.2) is 41.1 Å². The van der Waals surface area contributed by atoms with Crippen molar-refractivity contribution in [1.29, 1.82) is 0 Å². The third-order valence-corrected chi connectivity index (χ3v) is 5.23. The number of thiophene rings is 1. The summed E-state index contributed by atoms with van der Waals surface area (Å²) in [6, 6.07) is 11.4. The SMILES string of the molecule is c1ccc2c3c([nH]c2c1)C(NCCc1ccsc1)CCC3. The molecule has 1 aliphatic rings. The van der Waals surface area contributed by atoms with Gasteiger partial charge in [-0.3, -0.25) is 0 Å². The second kappa shape index (κ2) is 5.66. The molecule has 0 bridgehead atoms. The molecular weight excluding hydrogens is 276 g/mol. The number of hydrogen-bond donors (Lipinski definition) is 2. The number of benzene rings is 1. The molecule has 3 heteroatoms. The zero-order valence-electron chi connectivity index (χ0n) is 12.1. The molecule has 1 aromatic carbocycles. The first kappa shape index (κ1) is 13.1. The molecule has 1 aliphatic carbocycles. The summed E-state index contributed by atoms with van der Waals surface area (Å²) < 4.78 is 0. The van der Waals surface area contributed by atoms with Crippen molar-refractivity contribution in [2.75, 3.05) is 6.54 Å². The minimum absolute atomic E-state index is 0.486. The fourth-order valence-electron chi connectivity index (χ4n) is 3.44. The smallest absolute Gasteiger partial charge is 0.0476 e. The van der Waals surface area contributed by atoms with E-state index in [2.05, 4.69) is 51.4 Å². The Balaban J connectivity index is 1.53. The summed E-state index contributed by atoms with van der Waals surface area (Å²) in [4.78, 5) is 3.65. The molecule has 0 radical (unpaired) electrons. The third-order valence-electron chi connectivity index (χ3n) is 4.50. The van der Waals surface area contributed by atoms with Crippen LogP contribution >= 0.6 is 11.3 Å². The van der Waals surface area contributed by atoms with Gasteiger partial charge in [-0.15, -0.1) is 0 Å². The predicted molar refractivity (Wildman–Crippen MR) is 90.0 cm³/mol. The van der Waals surface area contributed by atoms with Gasteiger partial charge in [0.15, 0.2) is 0 Å². The summed E-state index contributed by atoms with van der Waals surface area (Å²) in [5.74, 6) is 0. The largest absolute Gasteiger partial charge is 0.357 e. The Bertz CT molecular complexity index is 727. The van der Waals surface area contributed by atoms with Crippen LogP contribution in [0.1, 0.15) is 35.7 Å². The lowest BCUT2D eigenvalue weighted by molar-refractivity contribution is 0.456. The van der Waals surface area contributed by atoms with Gasteiger partial charge in [-0.2, -0.15) is 11.3 Å². The molecule has 2 heterocycles. The minimum atomic E-state index is 0.486. The van der Waals surface area contributed by atoms with Crippen LogP contribution in [0.2, 0.25) is 0 Å². The molecule has 0 saturated carbocycles. The first-order valence-corrected chi connectivity index (χ1v) is 8.70. The van der Waals surface area contributed by atoms with Gasteiger partial charge in [-0.05, 0) is 66.2 Å². The normalized spacial score (nSPS) is 18.0. The van der Waals surface area contributed by atoms with Gasteiger partial charge in [0.1, 0.15) is 0 Å². The van der Waals surface area contributed by atoms with E-state index in [-0.39, 0.29) is 0 Å². The van der Waals surface area contributed by atoms with E-state index in [1.54, 1.807) is 11.3 Å². The van der Waals surface area contributed by atoms with Crippen molar-refractivity contribution in [3.8, 4) is 0 Å². The molecule has 2 N–H and O–H groups in total. The maximum absolute atomic E-state index is 3.75. The molecule has 2 nitrogen and oxygen atoms in total. The molecule has 3 aromatic rings. The van der Waals surface area contributed by atoms with E-state index < -0.39 is 0 Å². The molecule has 4 rings (SSSR count). The summed E-state index contributed by atoms with van der Waals surface area (Å²) in [6.45, 7) is 1.05. The lowest BCUT2D eigenvalue weighted by Crippen LogP contribution is -2.27. The van der Waals surface area contributed by atoms with Gasteiger partial charge in [0.2, 0.25) is 0 Å². The fourth-order valence-corrected chi connectivity index (χ4v) is 4.15. The van der Waals surface area contributed by atoms with Crippen LogP contribution in [0, 0.1) is 0 Å². The number of H-pyrrole nitrogens is 1. The molecule has 0 spiro atoms. The second-order valence-corrected chi connectivity index (χ2v) is 6.62. The number of nitrogens with one attached hydrogen (secondary N) is 2. The molecule has 1 unspecified atom stereocenters. The zero-order valence-corrected chi connectivity index (χ0v) is 12.9. The number of fused-ring (bicyclic) bond motifs is 3. The summed E-state index contributed by atoms with van der Waals surface area (Å²) in [5, 5.41) is 9.57. The number of rotatable bonds is 4. The molecule has 0 fully saturated rings. The molecule has 0 amide bonds. The third kappa shape index (κ3) is 2.52. The summed E-state index contributed by atoms with van der Waals surface area (Å²) in [7, 11) is 0. The van der Waals surface area contributed by atoms with E-state index in [0.29, 0.717) is 6.04 Å². The van der Waals surface area contributed by atoms with Gasteiger partial charge in [-0.1, -0.05) is 18.2 Å². The van der Waals surface area contributed by atoms with Crippen molar-refractivity contribution >= 4 is 22.2 Å². The van der Waals surface area contributed by atoms with Gasteiger partial charge in [-0.25, -0.2) is 0 Å². The molecule has 0 saturated heterocycles. The van der Waals surface area contributed by atoms with E-state index in [1.807, 2.05) is 0 Å². The van der Waals surface area contributed by atoms with Crippen molar-refractivity contribution in [3.05, 3.63) is 57.9 Å². The van der Waals surface area contributed by atoms with Crippen molar-refractivity contribution in [2.45, 2.75) is 31.7 Å². The Morgan fingerprint density at radius 2 is 2.19 bits per heavy atom. The van der Waals surface area contributed by atoms with Gasteiger partial charge in [0.25, 0.3) is 0 Å². The number of hydrogen-bond acceptors (Lipinski definition) is 2. The van der Waals surface area contributed by atoms with Gasteiger partial charge in [0.05, 0.1) is 0 Å². The van der Waals surface area contributed by atoms with Crippen LogP contribution in [0.5, 0.6) is 0 Å². The predicted octanol–water partition coefficient (Wildman–Crippen LogP) is 4.44. The quantitative estimate of drug-likeness (QED) is 0.732. The monoisotopic (exact) mass is 296 g/mol. The first-order valence-electron chi connectivity index (χ1n) is 7.76. The topological polar surface area (TPSA) is 27.8 Å². The van der Waals surface area contributed by atoms with Crippen molar-refractivity contribution in [3.63, 3.8) is 0 Å². The molecular formula is C18H20N2S. The van der Waals surface area contributed by atoms with Crippen LogP contribution < -0.4 is 5.32 Å². The highest BCUT2D eigenvalue weighted by atomic mass is 32.1. The molecule has 21 heavy (non-hydrogen) atoms. The summed E-state index contributed by atoms with van der Waals surface area (Å²) in [6.07, 6.45) is 4.85. The van der Waals surface area contributed by atoms with Crippen LogP contribution in [0.25, 0.3) is 10.9 Å². The standard InChI is InChI=1S/C18H20N2S/c1-2-6-16-14(4-1)15-5-3-7-17(18(15)20-16)19-10-8-13-9-11-21-12-13/h1-2,4,6,9,11-12,17,19-20H,3,5,7-8,10H2. The summed E-state index contributed by atoms with van der Waals surface area (Å²) >= 11 is 1.78. The Kier molecular flexibility index (Phi) is 3.53. The molecule has 108 valence electrons. The van der Waals surface area contributed by atoms with E-state index in [1.165, 1.54) is 47.0 Å². The van der Waals surface area contributed by atoms with Gasteiger partial charge >= 0.3 is 0 Å². The number of aryl methyl sites for hydroxylation is 1. The Hall–Kier alpha value is -1.58. The van der Waals surface area contributed by atoms with Crippen molar-refractivity contribution in [2.24, 2.45) is 0 Å². The Morgan fingerprint density at radius 3 is 3.10 bits per heavy atom. The highest BCUT2D eigenvalue weighted by Gasteiger charge is 2.23. The van der Waals surface area contributed by atoms with Gasteiger partial charge < -0.3 is 10.3 Å². The zero-order chi connectivity index (χ0) is 14.1. The van der Waals surface area contributed by atoms with Crippen LogP contribution in [-0.2, 0) is 12.8 Å². The minimum Gasteiger partial charge on any atom is -0.357 e. The average molecular weight is 296 g/mol. The lowest BCUT2D eigenvalue weighted by Gasteiger charge is -2.24. The molecule has 0 aliphatic heterocycles. The molecule has 1 atom stereocenters. The highest BCUT2D eigenvalue weighted by molar-refractivity contribution is 7.07. The second-order valence-electron chi connectivity index (χ2n) is 5.84. The van der Waals surface area contributed by atoms with E-state index in [0.717, 1.165) is 13.0 Å².